The molecule has 0 fully saturated rings. The summed E-state index contributed by atoms with van der Waals surface area (Å²) >= 11 is 0. The maximum atomic E-state index is 13.3. The highest BCUT2D eigenvalue weighted by molar-refractivity contribution is 5.94. The fourth-order valence-electron chi connectivity index (χ4n) is 3.94. The molecule has 4 aromatic carbocycles. The standard InChI is InChI=1S/C30H24FNO5/c1-19(2)25-5-3-4-6-28(25)37-29-16-8-20(17-27(29)32(35)36)7-9-23-18-22(12-15-26(23)30(33)34)21-10-13-24(31)14-11-21/h3-19H,1-2H3,(H,33,34). The number of carbonyl (C=O) groups is 1. The molecule has 0 aliphatic heterocycles. The van der Waals surface area contributed by atoms with Crippen LogP contribution in [-0.2, 0) is 0 Å². The number of aromatic carboxylic acids is 1. The van der Waals surface area contributed by atoms with E-state index in [1.165, 1.54) is 30.3 Å². The van der Waals surface area contributed by atoms with Crippen molar-refractivity contribution in [3.63, 3.8) is 0 Å². The number of para-hydroxylation sites is 1. The van der Waals surface area contributed by atoms with Gasteiger partial charge in [-0.25, -0.2) is 9.18 Å². The fraction of sp³-hybridized carbons (Fsp3) is 0.100. The van der Waals surface area contributed by atoms with Gasteiger partial charge in [-0.15, -0.1) is 0 Å². The van der Waals surface area contributed by atoms with Crippen LogP contribution in [0.1, 0.15) is 46.8 Å². The number of carboxylic acid groups (broad SMARTS) is 1. The number of benzene rings is 4. The predicted molar refractivity (Wildman–Crippen MR) is 141 cm³/mol. The molecule has 0 bridgehead atoms. The molecule has 1 N–H and O–H groups in total. The van der Waals surface area contributed by atoms with E-state index in [-0.39, 0.29) is 28.7 Å². The first-order chi connectivity index (χ1) is 17.7. The number of hydrogen-bond donors (Lipinski definition) is 1. The Balaban J connectivity index is 1.68. The minimum absolute atomic E-state index is 0.0712. The number of halogens is 1. The van der Waals surface area contributed by atoms with Gasteiger partial charge in [0, 0.05) is 6.07 Å². The van der Waals surface area contributed by atoms with Crippen LogP contribution < -0.4 is 4.74 Å². The second-order valence-electron chi connectivity index (χ2n) is 8.73. The molecule has 0 atom stereocenters. The number of nitro benzene ring substituents is 1. The molecular formula is C30H24FNO5. The quantitative estimate of drug-likeness (QED) is 0.151. The average Bonchev–Trinajstić information content (AvgIpc) is 2.88. The molecule has 0 saturated heterocycles. The maximum absolute atomic E-state index is 13.3. The molecular weight excluding hydrogens is 473 g/mol. The van der Waals surface area contributed by atoms with E-state index in [9.17, 15) is 24.4 Å². The van der Waals surface area contributed by atoms with Crippen molar-refractivity contribution < 1.29 is 24.0 Å². The van der Waals surface area contributed by atoms with Crippen molar-refractivity contribution in [1.29, 1.82) is 0 Å². The van der Waals surface area contributed by atoms with E-state index >= 15 is 0 Å². The summed E-state index contributed by atoms with van der Waals surface area (Å²) in [6, 6.07) is 22.7. The van der Waals surface area contributed by atoms with Gasteiger partial charge < -0.3 is 9.84 Å². The molecule has 0 radical (unpaired) electrons. The summed E-state index contributed by atoms with van der Waals surface area (Å²) in [7, 11) is 0. The third-order valence-corrected chi connectivity index (χ3v) is 5.86. The second kappa shape index (κ2) is 10.9. The van der Waals surface area contributed by atoms with Crippen molar-refractivity contribution in [2.75, 3.05) is 0 Å². The topological polar surface area (TPSA) is 89.7 Å². The zero-order chi connectivity index (χ0) is 26.5. The Kier molecular flexibility index (Phi) is 7.44. The van der Waals surface area contributed by atoms with Crippen LogP contribution in [0.3, 0.4) is 0 Å². The Labute approximate surface area is 213 Å². The van der Waals surface area contributed by atoms with Gasteiger partial charge in [0.05, 0.1) is 10.5 Å². The van der Waals surface area contributed by atoms with Crippen molar-refractivity contribution in [1.82, 2.24) is 0 Å². The molecule has 0 heterocycles. The molecule has 4 aromatic rings. The molecule has 6 nitrogen and oxygen atoms in total. The first-order valence-electron chi connectivity index (χ1n) is 11.6. The first-order valence-corrected chi connectivity index (χ1v) is 11.6. The summed E-state index contributed by atoms with van der Waals surface area (Å²) in [6.45, 7) is 4.03. The lowest BCUT2D eigenvalue weighted by Gasteiger charge is -2.13. The van der Waals surface area contributed by atoms with Crippen molar-refractivity contribution in [3.8, 4) is 22.6 Å². The molecule has 37 heavy (non-hydrogen) atoms. The molecule has 0 aliphatic rings. The molecule has 0 spiro atoms. The summed E-state index contributed by atoms with van der Waals surface area (Å²) in [5.41, 5.74) is 3.14. The molecule has 0 aliphatic carbocycles. The zero-order valence-corrected chi connectivity index (χ0v) is 20.2. The fourth-order valence-corrected chi connectivity index (χ4v) is 3.94. The van der Waals surface area contributed by atoms with E-state index < -0.39 is 10.9 Å². The Hall–Kier alpha value is -4.78. The Morgan fingerprint density at radius 3 is 2.30 bits per heavy atom. The van der Waals surface area contributed by atoms with Gasteiger partial charge in [0.15, 0.2) is 0 Å². The van der Waals surface area contributed by atoms with E-state index in [1.807, 2.05) is 32.0 Å². The van der Waals surface area contributed by atoms with Gasteiger partial charge in [0.25, 0.3) is 0 Å². The molecule has 4 rings (SSSR count). The largest absolute Gasteiger partial charge is 0.478 e. The molecule has 7 heteroatoms. The van der Waals surface area contributed by atoms with E-state index in [0.717, 1.165) is 11.1 Å². The predicted octanol–water partition coefficient (Wildman–Crippen LogP) is 8.19. The van der Waals surface area contributed by atoms with Crippen LogP contribution in [0, 0.1) is 15.9 Å². The number of carboxylic acids is 1. The molecule has 186 valence electrons. The van der Waals surface area contributed by atoms with Crippen LogP contribution in [0.4, 0.5) is 10.1 Å². The third kappa shape index (κ3) is 5.90. The highest BCUT2D eigenvalue weighted by atomic mass is 19.1. The molecule has 0 amide bonds. The van der Waals surface area contributed by atoms with Gasteiger partial charge in [0.2, 0.25) is 5.75 Å². The van der Waals surface area contributed by atoms with E-state index in [1.54, 1.807) is 48.6 Å². The van der Waals surface area contributed by atoms with Gasteiger partial charge in [-0.1, -0.05) is 68.5 Å². The summed E-state index contributed by atoms with van der Waals surface area (Å²) in [5.74, 6) is -0.643. The van der Waals surface area contributed by atoms with Gasteiger partial charge >= 0.3 is 11.7 Å². The molecule has 0 aromatic heterocycles. The summed E-state index contributed by atoms with van der Waals surface area (Å²) in [4.78, 5) is 23.1. The smallest absolute Gasteiger partial charge is 0.336 e. The van der Waals surface area contributed by atoms with E-state index in [0.29, 0.717) is 22.4 Å². The van der Waals surface area contributed by atoms with Crippen LogP contribution in [0.2, 0.25) is 0 Å². The van der Waals surface area contributed by atoms with Gasteiger partial charge in [-0.05, 0) is 70.1 Å². The first kappa shape index (κ1) is 25.3. The Morgan fingerprint density at radius 1 is 0.919 bits per heavy atom. The number of nitrogens with zero attached hydrogens (tertiary/aromatic N) is 1. The molecule has 0 unspecified atom stereocenters. The van der Waals surface area contributed by atoms with E-state index in [2.05, 4.69) is 0 Å². The van der Waals surface area contributed by atoms with Gasteiger partial charge in [-0.2, -0.15) is 0 Å². The summed E-state index contributed by atoms with van der Waals surface area (Å²) in [5, 5.41) is 21.4. The van der Waals surface area contributed by atoms with Crippen LogP contribution in [0.25, 0.3) is 23.3 Å². The summed E-state index contributed by atoms with van der Waals surface area (Å²) in [6.07, 6.45) is 3.19. The third-order valence-electron chi connectivity index (χ3n) is 5.86. The number of ether oxygens (including phenoxy) is 1. The van der Waals surface area contributed by atoms with Crippen molar-refractivity contribution >= 4 is 23.8 Å². The number of rotatable bonds is 8. The number of hydrogen-bond acceptors (Lipinski definition) is 4. The van der Waals surface area contributed by atoms with Gasteiger partial charge in [-0.3, -0.25) is 10.1 Å². The van der Waals surface area contributed by atoms with Gasteiger partial charge in [0.1, 0.15) is 11.6 Å². The average molecular weight is 498 g/mol. The maximum Gasteiger partial charge on any atom is 0.336 e. The minimum atomic E-state index is -1.11. The minimum Gasteiger partial charge on any atom is -0.478 e. The second-order valence-corrected chi connectivity index (χ2v) is 8.73. The van der Waals surface area contributed by atoms with Crippen molar-refractivity contribution in [3.05, 3.63) is 123 Å². The number of nitro groups is 1. The van der Waals surface area contributed by atoms with Crippen molar-refractivity contribution in [2.24, 2.45) is 0 Å². The lowest BCUT2D eigenvalue weighted by Crippen LogP contribution is -1.99. The van der Waals surface area contributed by atoms with Crippen LogP contribution in [-0.4, -0.2) is 16.0 Å². The highest BCUT2D eigenvalue weighted by Gasteiger charge is 2.18. The van der Waals surface area contributed by atoms with Crippen molar-refractivity contribution in [2.45, 2.75) is 19.8 Å². The lowest BCUT2D eigenvalue weighted by molar-refractivity contribution is -0.385. The van der Waals surface area contributed by atoms with Crippen LogP contribution in [0.5, 0.6) is 11.5 Å². The Bertz CT molecular complexity index is 1490. The van der Waals surface area contributed by atoms with Crippen LogP contribution >= 0.6 is 0 Å². The lowest BCUT2D eigenvalue weighted by atomic mass is 9.98. The SMILES string of the molecule is CC(C)c1ccccc1Oc1ccc(C=Cc2cc(-c3ccc(F)cc3)ccc2C(=O)O)cc1[N+](=O)[O-]. The summed E-state index contributed by atoms with van der Waals surface area (Å²) < 4.78 is 19.2. The Morgan fingerprint density at radius 2 is 1.62 bits per heavy atom. The normalized spacial score (nSPS) is 11.1. The molecule has 0 saturated carbocycles. The van der Waals surface area contributed by atoms with Crippen LogP contribution in [0.15, 0.2) is 84.9 Å². The monoisotopic (exact) mass is 497 g/mol. The van der Waals surface area contributed by atoms with E-state index in [4.69, 9.17) is 4.74 Å². The zero-order valence-electron chi connectivity index (χ0n) is 20.2. The highest BCUT2D eigenvalue weighted by Crippen LogP contribution is 2.36.